The molecular formula is C29H32F4N2O3S. The molecule has 1 aliphatic heterocycles. The highest BCUT2D eigenvalue weighted by molar-refractivity contribution is 7.17. The van der Waals surface area contributed by atoms with Crippen LogP contribution in [0, 0.1) is 5.82 Å². The second-order valence-electron chi connectivity index (χ2n) is 10.4. The molecule has 1 fully saturated rings. The van der Waals surface area contributed by atoms with Crippen molar-refractivity contribution in [3.05, 3.63) is 82.5 Å². The topological polar surface area (TPSA) is 69.6 Å². The zero-order chi connectivity index (χ0) is 28.8. The number of piperidine rings is 1. The molecule has 0 spiro atoms. The van der Waals surface area contributed by atoms with Gasteiger partial charge in [-0.3, -0.25) is 9.69 Å². The van der Waals surface area contributed by atoms with Crippen LogP contribution in [0.5, 0.6) is 0 Å². The van der Waals surface area contributed by atoms with E-state index in [1.54, 1.807) is 18.2 Å². The number of carbonyl (C=O) groups is 2. The first-order chi connectivity index (χ1) is 18.2. The summed E-state index contributed by atoms with van der Waals surface area (Å²) in [5.41, 5.74) is 3.41. The van der Waals surface area contributed by atoms with Crippen LogP contribution in [-0.2, 0) is 16.8 Å². The monoisotopic (exact) mass is 564 g/mol. The van der Waals surface area contributed by atoms with Gasteiger partial charge in [0.2, 0.25) is 0 Å². The first-order valence-corrected chi connectivity index (χ1v) is 13.3. The van der Waals surface area contributed by atoms with Crippen molar-refractivity contribution in [2.24, 2.45) is 0 Å². The maximum absolute atomic E-state index is 14.0. The molecule has 0 atom stereocenters. The summed E-state index contributed by atoms with van der Waals surface area (Å²) in [6.45, 7) is 9.59. The Kier molecular flexibility index (Phi) is 9.90. The van der Waals surface area contributed by atoms with Crippen LogP contribution in [0.2, 0.25) is 0 Å². The lowest BCUT2D eigenvalue weighted by Gasteiger charge is -2.32. The molecule has 2 heterocycles. The fraction of sp³-hybridized carbons (Fsp3) is 0.379. The second-order valence-corrected chi connectivity index (χ2v) is 11.5. The molecular weight excluding hydrogens is 532 g/mol. The molecule has 5 nitrogen and oxygen atoms in total. The Morgan fingerprint density at radius 1 is 0.974 bits per heavy atom. The van der Waals surface area contributed by atoms with Crippen LogP contribution in [-0.4, -0.2) is 47.2 Å². The fourth-order valence-corrected chi connectivity index (χ4v) is 5.06. The van der Waals surface area contributed by atoms with Gasteiger partial charge >= 0.3 is 12.1 Å². The van der Waals surface area contributed by atoms with Gasteiger partial charge in [0.1, 0.15) is 5.82 Å². The molecule has 2 aromatic carbocycles. The lowest BCUT2D eigenvalue weighted by molar-refractivity contribution is -0.192. The summed E-state index contributed by atoms with van der Waals surface area (Å²) in [5.74, 6) is -3.08. The number of carboxylic acid groups (broad SMARTS) is 1. The molecule has 0 radical (unpaired) electrons. The molecule has 3 aromatic rings. The minimum atomic E-state index is -5.08. The van der Waals surface area contributed by atoms with Crippen LogP contribution in [0.4, 0.5) is 17.6 Å². The largest absolute Gasteiger partial charge is 0.490 e. The van der Waals surface area contributed by atoms with E-state index in [0.717, 1.165) is 37.4 Å². The summed E-state index contributed by atoms with van der Waals surface area (Å²) in [6, 6.07) is 19.4. The van der Waals surface area contributed by atoms with E-state index in [2.05, 4.69) is 55.3 Å². The molecule has 4 rings (SSSR count). The standard InChI is InChI=1S/C27H31FN2OS.C2HF3O2/c1-27(2,3)20-10-8-19(9-11-20)18-30-16-14-21(15-17-30)29-26(31)25-13-12-24(32-25)22-6-4-5-7-23(22)28;3-2(4,5)1(6)7/h4-13,21H,14-18H2,1-3H3,(H,29,31);(H,6,7). The molecule has 10 heteroatoms. The number of rotatable bonds is 5. The number of nitrogens with one attached hydrogen (secondary N) is 1. The molecule has 210 valence electrons. The van der Waals surface area contributed by atoms with E-state index in [9.17, 15) is 22.4 Å². The Bertz CT molecular complexity index is 1260. The van der Waals surface area contributed by atoms with Crippen molar-refractivity contribution in [1.82, 2.24) is 10.2 Å². The number of likely N-dealkylation sites (tertiary alicyclic amines) is 1. The van der Waals surface area contributed by atoms with Crippen LogP contribution < -0.4 is 5.32 Å². The number of carbonyl (C=O) groups excluding carboxylic acids is 1. The van der Waals surface area contributed by atoms with Crippen LogP contribution in [0.3, 0.4) is 0 Å². The van der Waals surface area contributed by atoms with Crippen LogP contribution >= 0.6 is 11.3 Å². The third-order valence-electron chi connectivity index (χ3n) is 6.36. The van der Waals surface area contributed by atoms with Crippen molar-refractivity contribution >= 4 is 23.2 Å². The number of aliphatic carboxylic acids is 1. The SMILES string of the molecule is CC(C)(C)c1ccc(CN2CCC(NC(=O)c3ccc(-c4ccccc4F)s3)CC2)cc1.O=C(O)C(F)(F)F. The molecule has 1 saturated heterocycles. The van der Waals surface area contributed by atoms with Crippen molar-refractivity contribution in [2.45, 2.75) is 57.8 Å². The van der Waals surface area contributed by atoms with Crippen molar-refractivity contribution in [3.63, 3.8) is 0 Å². The summed E-state index contributed by atoms with van der Waals surface area (Å²) < 4.78 is 45.8. The highest BCUT2D eigenvalue weighted by atomic mass is 32.1. The molecule has 1 aliphatic rings. The highest BCUT2D eigenvalue weighted by Gasteiger charge is 2.38. The summed E-state index contributed by atoms with van der Waals surface area (Å²) in [4.78, 5) is 25.5. The number of alkyl halides is 3. The minimum Gasteiger partial charge on any atom is -0.475 e. The Morgan fingerprint density at radius 3 is 2.10 bits per heavy atom. The molecule has 0 unspecified atom stereocenters. The summed E-state index contributed by atoms with van der Waals surface area (Å²) in [6.07, 6.45) is -3.20. The summed E-state index contributed by atoms with van der Waals surface area (Å²) >= 11 is 1.34. The molecule has 0 saturated carbocycles. The van der Waals surface area contributed by atoms with Crippen LogP contribution in [0.1, 0.15) is 54.4 Å². The lowest BCUT2D eigenvalue weighted by Crippen LogP contribution is -2.44. The van der Waals surface area contributed by atoms with E-state index in [0.29, 0.717) is 10.4 Å². The van der Waals surface area contributed by atoms with Gasteiger partial charge in [-0.1, -0.05) is 63.2 Å². The predicted octanol–water partition coefficient (Wildman–Crippen LogP) is 6.88. The molecule has 39 heavy (non-hydrogen) atoms. The quantitative estimate of drug-likeness (QED) is 0.332. The smallest absolute Gasteiger partial charge is 0.475 e. The van der Waals surface area contributed by atoms with Gasteiger partial charge in [-0.05, 0) is 47.6 Å². The molecule has 0 bridgehead atoms. The van der Waals surface area contributed by atoms with Crippen LogP contribution in [0.15, 0.2) is 60.7 Å². The van der Waals surface area contributed by atoms with Crippen molar-refractivity contribution in [3.8, 4) is 10.4 Å². The third kappa shape index (κ3) is 8.90. The number of hydrogen-bond donors (Lipinski definition) is 2. The zero-order valence-electron chi connectivity index (χ0n) is 22.0. The third-order valence-corrected chi connectivity index (χ3v) is 7.48. The number of nitrogens with zero attached hydrogens (tertiary/aromatic N) is 1. The average molecular weight is 565 g/mol. The highest BCUT2D eigenvalue weighted by Crippen LogP contribution is 2.30. The van der Waals surface area contributed by atoms with Crippen molar-refractivity contribution < 1.29 is 32.3 Å². The number of amides is 1. The van der Waals surface area contributed by atoms with E-state index >= 15 is 0 Å². The Hall–Kier alpha value is -3.24. The Labute approximate surface area is 229 Å². The number of thiophene rings is 1. The van der Waals surface area contributed by atoms with Gasteiger partial charge < -0.3 is 10.4 Å². The van der Waals surface area contributed by atoms with Gasteiger partial charge in [-0.2, -0.15) is 13.2 Å². The summed E-state index contributed by atoms with van der Waals surface area (Å²) in [5, 5.41) is 10.3. The summed E-state index contributed by atoms with van der Waals surface area (Å²) in [7, 11) is 0. The second kappa shape index (κ2) is 12.7. The van der Waals surface area contributed by atoms with Crippen LogP contribution in [0.25, 0.3) is 10.4 Å². The Morgan fingerprint density at radius 2 is 1.56 bits per heavy atom. The molecule has 0 aliphatic carbocycles. The minimum absolute atomic E-state index is 0.0613. The maximum Gasteiger partial charge on any atom is 0.490 e. The number of halogens is 4. The van der Waals surface area contributed by atoms with E-state index in [-0.39, 0.29) is 23.2 Å². The van der Waals surface area contributed by atoms with Gasteiger partial charge in [0.15, 0.2) is 0 Å². The molecule has 1 aromatic heterocycles. The number of hydrogen-bond acceptors (Lipinski definition) is 4. The van der Waals surface area contributed by atoms with Gasteiger partial charge in [0, 0.05) is 36.1 Å². The van der Waals surface area contributed by atoms with Crippen molar-refractivity contribution in [2.75, 3.05) is 13.1 Å². The van der Waals surface area contributed by atoms with E-state index < -0.39 is 12.1 Å². The molecule has 2 N–H and O–H groups in total. The number of carboxylic acids is 1. The van der Waals surface area contributed by atoms with E-state index in [1.165, 1.54) is 28.5 Å². The first kappa shape index (κ1) is 30.3. The van der Waals surface area contributed by atoms with E-state index in [4.69, 9.17) is 9.90 Å². The first-order valence-electron chi connectivity index (χ1n) is 12.5. The van der Waals surface area contributed by atoms with Gasteiger partial charge in [-0.25, -0.2) is 9.18 Å². The zero-order valence-corrected chi connectivity index (χ0v) is 22.8. The Balaban J connectivity index is 0.000000532. The predicted molar refractivity (Wildman–Crippen MR) is 144 cm³/mol. The maximum atomic E-state index is 14.0. The van der Waals surface area contributed by atoms with Gasteiger partial charge in [0.25, 0.3) is 5.91 Å². The number of benzene rings is 2. The normalized spacial score (nSPS) is 14.8. The van der Waals surface area contributed by atoms with Gasteiger partial charge in [-0.15, -0.1) is 11.3 Å². The fourth-order valence-electron chi connectivity index (χ4n) is 4.13. The average Bonchev–Trinajstić information content (AvgIpc) is 3.35. The lowest BCUT2D eigenvalue weighted by atomic mass is 9.86. The van der Waals surface area contributed by atoms with E-state index in [1.807, 2.05) is 12.1 Å². The van der Waals surface area contributed by atoms with Gasteiger partial charge in [0.05, 0.1) is 4.88 Å². The van der Waals surface area contributed by atoms with Crippen molar-refractivity contribution in [1.29, 1.82) is 0 Å². The molecule has 1 amide bonds.